The molecule has 0 aromatic heterocycles. The average Bonchev–Trinajstić information content (AvgIpc) is 0.918. The largest absolute Gasteiger partial charge is 2.00 e. The van der Waals surface area contributed by atoms with E-state index in [0.717, 1.165) is 0 Å². The zero-order valence-electron chi connectivity index (χ0n) is 2.23. The van der Waals surface area contributed by atoms with Crippen molar-refractivity contribution < 1.29 is 0 Å². The summed E-state index contributed by atoms with van der Waals surface area (Å²) in [5, 5.41) is 7.10. The molecule has 0 bridgehead atoms. The summed E-state index contributed by atoms with van der Waals surface area (Å²) in [6.45, 7) is 0. The van der Waals surface area contributed by atoms with Crippen LogP contribution in [-0.2, 0) is 0 Å². The average molecular weight is 82.1 g/mol. The van der Waals surface area contributed by atoms with E-state index < -0.39 is 0 Å². The number of nitriles is 1. The Morgan fingerprint density at radius 3 is 1.75 bits per heavy atom. The van der Waals surface area contributed by atoms with Crippen LogP contribution in [0.25, 0.3) is 0 Å². The molecular weight excluding hydrogens is 80.1 g/mol. The van der Waals surface area contributed by atoms with Crippen molar-refractivity contribution in [1.29, 1.82) is 5.26 Å². The Balaban J connectivity index is 0. The molecule has 0 radical (unpaired) electrons. The van der Waals surface area contributed by atoms with Gasteiger partial charge in [-0.1, -0.05) is 0 Å². The van der Waals surface area contributed by atoms with E-state index in [4.69, 9.17) is 5.26 Å². The summed E-state index contributed by atoms with van der Waals surface area (Å²) in [6, 6.07) is 0. The number of nitrogens with two attached hydrogens (primary N) is 1. The van der Waals surface area contributed by atoms with Crippen molar-refractivity contribution >= 4 is 37.7 Å². The molecule has 0 saturated carbocycles. The van der Waals surface area contributed by atoms with E-state index in [2.05, 4.69) is 5.73 Å². The Morgan fingerprint density at radius 2 is 1.75 bits per heavy atom. The van der Waals surface area contributed by atoms with Gasteiger partial charge in [0.05, 0.1) is 0 Å². The summed E-state index contributed by atoms with van der Waals surface area (Å²) < 4.78 is 0. The third-order valence-corrected chi connectivity index (χ3v) is 0. The van der Waals surface area contributed by atoms with Crippen LogP contribution >= 0.6 is 0 Å². The second-order valence-corrected chi connectivity index (χ2v) is 0.129. The van der Waals surface area contributed by atoms with Gasteiger partial charge in [-0.3, -0.25) is 0 Å². The molecule has 0 aliphatic rings. The van der Waals surface area contributed by atoms with E-state index in [1.807, 2.05) is 0 Å². The smallest absolute Gasteiger partial charge is 0.337 e. The molecule has 0 aliphatic heterocycles. The van der Waals surface area contributed by atoms with Crippen LogP contribution in [0.5, 0.6) is 0 Å². The predicted molar refractivity (Wildman–Crippen MR) is 15.6 cm³/mol. The summed E-state index contributed by atoms with van der Waals surface area (Å²) in [7, 11) is 0. The third kappa shape index (κ3) is 20.3. The van der Waals surface area contributed by atoms with Crippen LogP contribution < -0.4 is 5.73 Å². The molecule has 0 aromatic carbocycles. The van der Waals surface area contributed by atoms with Crippen LogP contribution in [0.15, 0.2) is 0 Å². The van der Waals surface area contributed by atoms with E-state index in [1.165, 1.54) is 6.19 Å². The van der Waals surface area contributed by atoms with Gasteiger partial charge < -0.3 is 5.73 Å². The van der Waals surface area contributed by atoms with Gasteiger partial charge in [0.2, 0.25) is 0 Å². The zero-order chi connectivity index (χ0) is 2.71. The van der Waals surface area contributed by atoms with Crippen molar-refractivity contribution in [1.82, 2.24) is 0 Å². The SMILES string of the molecule is N#CN.[Ca+2]. The molecule has 0 unspecified atom stereocenters. The summed E-state index contributed by atoms with van der Waals surface area (Å²) in [4.78, 5) is 0. The fourth-order valence-corrected chi connectivity index (χ4v) is 0. The molecule has 0 rings (SSSR count). The molecule has 0 amide bonds. The number of rotatable bonds is 0. The molecule has 0 saturated heterocycles. The van der Waals surface area contributed by atoms with Crippen LogP contribution in [0.2, 0.25) is 0 Å². The number of hydrogen-bond donors (Lipinski definition) is 1. The molecule has 4 heavy (non-hydrogen) atoms. The van der Waals surface area contributed by atoms with Gasteiger partial charge in [0.15, 0.2) is 6.19 Å². The molecule has 3 heteroatoms. The standard InChI is InChI=1S/CH2N2.Ca/c2-1-3;/h2H2;/q;+2. The van der Waals surface area contributed by atoms with Gasteiger partial charge in [0.1, 0.15) is 0 Å². The third-order valence-electron chi connectivity index (χ3n) is 0. The molecule has 2 N–H and O–H groups in total. The fraction of sp³-hybridized carbons (Fsp3) is 0. The maximum Gasteiger partial charge on any atom is 2.00 e. The van der Waals surface area contributed by atoms with Gasteiger partial charge in [-0.05, 0) is 0 Å². The molecular formula is CH2CaN2+2. The minimum Gasteiger partial charge on any atom is -0.337 e. The van der Waals surface area contributed by atoms with Crippen LogP contribution in [0, 0.1) is 11.5 Å². The normalized spacial score (nSPS) is 1.75. The molecule has 16 valence electrons. The molecule has 0 aromatic rings. The molecule has 0 heterocycles. The number of hydrogen-bond acceptors (Lipinski definition) is 2. The van der Waals surface area contributed by atoms with E-state index in [1.54, 1.807) is 0 Å². The zero-order valence-corrected chi connectivity index (χ0v) is 4.44. The summed E-state index contributed by atoms with van der Waals surface area (Å²) >= 11 is 0. The molecule has 0 fully saturated rings. The van der Waals surface area contributed by atoms with E-state index >= 15 is 0 Å². The van der Waals surface area contributed by atoms with Crippen molar-refractivity contribution in [2.75, 3.05) is 0 Å². The Kier molecular flexibility index (Phi) is 21.2. The predicted octanol–water partition coefficient (Wildman–Crippen LogP) is -0.955. The van der Waals surface area contributed by atoms with Gasteiger partial charge in [-0.15, -0.1) is 0 Å². The quantitative estimate of drug-likeness (QED) is 0.232. The monoisotopic (exact) mass is 82.0 g/mol. The van der Waals surface area contributed by atoms with Crippen LogP contribution in [0.4, 0.5) is 0 Å². The first-order chi connectivity index (χ1) is 1.41. The minimum atomic E-state index is 0. The minimum absolute atomic E-state index is 0. The van der Waals surface area contributed by atoms with Crippen molar-refractivity contribution in [2.45, 2.75) is 0 Å². The fourth-order valence-electron chi connectivity index (χ4n) is 0. The van der Waals surface area contributed by atoms with Gasteiger partial charge >= 0.3 is 37.7 Å². The number of nitrogens with zero attached hydrogens (tertiary/aromatic N) is 1. The van der Waals surface area contributed by atoms with Crippen molar-refractivity contribution in [2.24, 2.45) is 5.73 Å². The van der Waals surface area contributed by atoms with Crippen molar-refractivity contribution in [3.63, 3.8) is 0 Å². The Morgan fingerprint density at radius 1 is 1.75 bits per heavy atom. The van der Waals surface area contributed by atoms with Crippen molar-refractivity contribution in [3.8, 4) is 6.19 Å². The Labute approximate surface area is 54.6 Å². The Hall–Kier alpha value is 0.550. The molecule has 0 spiro atoms. The Bertz CT molecular complexity index is 27.5. The maximum absolute atomic E-state index is 7.10. The van der Waals surface area contributed by atoms with Gasteiger partial charge in [-0.25, -0.2) is 0 Å². The second kappa shape index (κ2) is 9.61. The van der Waals surface area contributed by atoms with Gasteiger partial charge in [0.25, 0.3) is 0 Å². The van der Waals surface area contributed by atoms with E-state index in [-0.39, 0.29) is 37.7 Å². The van der Waals surface area contributed by atoms with Crippen LogP contribution in [0.1, 0.15) is 0 Å². The van der Waals surface area contributed by atoms with Crippen molar-refractivity contribution in [3.05, 3.63) is 0 Å². The van der Waals surface area contributed by atoms with E-state index in [9.17, 15) is 0 Å². The molecule has 0 atom stereocenters. The summed E-state index contributed by atoms with van der Waals surface area (Å²) in [6.07, 6.45) is 1.25. The first kappa shape index (κ1) is 8.82. The van der Waals surface area contributed by atoms with Crippen LogP contribution in [-0.4, -0.2) is 37.7 Å². The van der Waals surface area contributed by atoms with Crippen LogP contribution in [0.3, 0.4) is 0 Å². The first-order valence-electron chi connectivity index (χ1n) is 0.512. The maximum atomic E-state index is 7.10. The van der Waals surface area contributed by atoms with E-state index in [0.29, 0.717) is 0 Å². The topological polar surface area (TPSA) is 49.8 Å². The summed E-state index contributed by atoms with van der Waals surface area (Å²) in [5.74, 6) is 0. The molecule has 0 aliphatic carbocycles. The second-order valence-electron chi connectivity index (χ2n) is 0.129. The first-order valence-corrected chi connectivity index (χ1v) is 0.512. The van der Waals surface area contributed by atoms with Gasteiger partial charge in [0, 0.05) is 0 Å². The molecule has 2 nitrogen and oxygen atoms in total. The summed E-state index contributed by atoms with van der Waals surface area (Å²) in [5.41, 5.74) is 4.15. The van der Waals surface area contributed by atoms with Gasteiger partial charge in [-0.2, -0.15) is 5.26 Å².